The first-order valence-electron chi connectivity index (χ1n) is 11.6. The molecule has 0 saturated carbocycles. The monoisotopic (exact) mass is 478 g/mol. The van der Waals surface area contributed by atoms with E-state index in [1.54, 1.807) is 25.3 Å². The second-order valence-corrected chi connectivity index (χ2v) is 9.02. The molecule has 0 saturated heterocycles. The fourth-order valence-electron chi connectivity index (χ4n) is 5.22. The molecule has 3 N–H and O–H groups in total. The topological polar surface area (TPSA) is 117 Å². The Morgan fingerprint density at radius 2 is 1.86 bits per heavy atom. The van der Waals surface area contributed by atoms with Crippen LogP contribution in [0, 0.1) is 5.92 Å². The van der Waals surface area contributed by atoms with Gasteiger partial charge in [0.15, 0.2) is 5.78 Å². The third-order valence-electron chi connectivity index (χ3n) is 7.06. The molecule has 0 radical (unpaired) electrons. The van der Waals surface area contributed by atoms with Gasteiger partial charge >= 0.3 is 0 Å². The van der Waals surface area contributed by atoms with Gasteiger partial charge in [0.1, 0.15) is 23.9 Å². The summed E-state index contributed by atoms with van der Waals surface area (Å²) in [5.41, 5.74) is 0.596. The standard InChI is InChI=1S/C27H30N2O6/c1-6-9-14-12-16-17(13-27(3,28-4)26(14)29-35-7-2)24(32)20-21(23(16)31)25(33)19-15(22(20)30)10-8-11-18(19)34-5/h6,8,10-11,14,28,31-32H,1,7,9,12-13H2,2-5H3. The number of likely N-dealkylation sites (N-methyl/N-ethyl adjacent to an activating group) is 1. The number of aromatic hydroxyl groups is 2. The summed E-state index contributed by atoms with van der Waals surface area (Å²) in [6.45, 7) is 8.01. The van der Waals surface area contributed by atoms with Crippen molar-refractivity contribution >= 4 is 17.3 Å². The van der Waals surface area contributed by atoms with Crippen molar-refractivity contribution < 1.29 is 29.4 Å². The van der Waals surface area contributed by atoms with Crippen molar-refractivity contribution in [3.63, 3.8) is 0 Å². The van der Waals surface area contributed by atoms with Gasteiger partial charge in [0.25, 0.3) is 0 Å². The third-order valence-corrected chi connectivity index (χ3v) is 7.06. The van der Waals surface area contributed by atoms with E-state index < -0.39 is 17.1 Å². The number of nitrogens with zero attached hydrogens (tertiary/aromatic N) is 1. The van der Waals surface area contributed by atoms with Crippen LogP contribution in [0.25, 0.3) is 0 Å². The van der Waals surface area contributed by atoms with Crippen molar-refractivity contribution in [2.45, 2.75) is 38.6 Å². The van der Waals surface area contributed by atoms with Crippen LogP contribution >= 0.6 is 0 Å². The van der Waals surface area contributed by atoms with Crippen molar-refractivity contribution in [1.82, 2.24) is 5.32 Å². The third kappa shape index (κ3) is 3.69. The minimum absolute atomic E-state index is 0.0806. The lowest BCUT2D eigenvalue weighted by atomic mass is 9.78. The number of hydrogen-bond donors (Lipinski definition) is 3. The molecule has 0 spiro atoms. The summed E-state index contributed by atoms with van der Waals surface area (Å²) in [6.07, 6.45) is 2.79. The molecule has 0 heterocycles. The molecule has 4 rings (SSSR count). The fraction of sp³-hybridized carbons (Fsp3) is 0.370. The Morgan fingerprint density at radius 3 is 2.49 bits per heavy atom. The number of ketones is 2. The number of rotatable bonds is 6. The zero-order chi connectivity index (χ0) is 25.5. The molecule has 0 amide bonds. The second kappa shape index (κ2) is 9.19. The number of nitrogens with one attached hydrogen (secondary N) is 1. The number of phenolic OH excluding ortho intramolecular Hbond substituents is 2. The predicted octanol–water partition coefficient (Wildman–Crippen LogP) is 3.54. The van der Waals surface area contributed by atoms with Crippen LogP contribution < -0.4 is 10.1 Å². The number of ether oxygens (including phenoxy) is 1. The summed E-state index contributed by atoms with van der Waals surface area (Å²) in [5, 5.41) is 30.6. The molecule has 0 bridgehead atoms. The van der Waals surface area contributed by atoms with E-state index in [4.69, 9.17) is 9.57 Å². The molecule has 8 heteroatoms. The van der Waals surface area contributed by atoms with Gasteiger partial charge in [0.05, 0.1) is 35.1 Å². The largest absolute Gasteiger partial charge is 0.507 e. The van der Waals surface area contributed by atoms with Crippen molar-refractivity contribution in [1.29, 1.82) is 0 Å². The number of allylic oxidation sites excluding steroid dienone is 1. The first-order chi connectivity index (χ1) is 16.7. The van der Waals surface area contributed by atoms with Crippen molar-refractivity contribution in [3.05, 3.63) is 64.2 Å². The van der Waals surface area contributed by atoms with Gasteiger partial charge in [-0.2, -0.15) is 0 Å². The summed E-state index contributed by atoms with van der Waals surface area (Å²) >= 11 is 0. The van der Waals surface area contributed by atoms with Crippen molar-refractivity contribution in [2.75, 3.05) is 20.8 Å². The molecule has 2 aromatic carbocycles. The number of benzene rings is 2. The van der Waals surface area contributed by atoms with E-state index in [1.807, 2.05) is 13.8 Å². The molecule has 0 aliphatic heterocycles. The highest BCUT2D eigenvalue weighted by Crippen LogP contribution is 2.48. The van der Waals surface area contributed by atoms with Crippen LogP contribution in [-0.2, 0) is 17.7 Å². The van der Waals surface area contributed by atoms with E-state index in [2.05, 4.69) is 17.1 Å². The lowest BCUT2D eigenvalue weighted by Crippen LogP contribution is -2.51. The van der Waals surface area contributed by atoms with Gasteiger partial charge in [-0.25, -0.2) is 0 Å². The van der Waals surface area contributed by atoms with E-state index in [0.29, 0.717) is 29.9 Å². The van der Waals surface area contributed by atoms with Gasteiger partial charge in [-0.05, 0) is 46.2 Å². The first kappa shape index (κ1) is 24.5. The minimum atomic E-state index is -0.755. The van der Waals surface area contributed by atoms with E-state index >= 15 is 0 Å². The maximum absolute atomic E-state index is 13.6. The van der Waals surface area contributed by atoms with Gasteiger partial charge < -0.3 is 25.1 Å². The highest BCUT2D eigenvalue weighted by atomic mass is 16.6. The number of oxime groups is 1. The minimum Gasteiger partial charge on any atom is -0.507 e. The molecule has 2 aromatic rings. The molecular formula is C27H30N2O6. The van der Waals surface area contributed by atoms with Crippen LogP contribution in [0.5, 0.6) is 17.2 Å². The Kier molecular flexibility index (Phi) is 6.42. The lowest BCUT2D eigenvalue weighted by Gasteiger charge is -2.32. The molecule has 35 heavy (non-hydrogen) atoms. The zero-order valence-electron chi connectivity index (χ0n) is 20.4. The molecule has 2 aliphatic carbocycles. The average Bonchev–Trinajstić information content (AvgIpc) is 2.98. The Labute approximate surface area is 204 Å². The number of carbonyl (C=O) groups is 2. The maximum Gasteiger partial charge on any atom is 0.202 e. The lowest BCUT2D eigenvalue weighted by molar-refractivity contribution is 0.0971. The number of methoxy groups -OCH3 is 1. The second-order valence-electron chi connectivity index (χ2n) is 9.02. The molecular weight excluding hydrogens is 448 g/mol. The Bertz CT molecular complexity index is 1270. The Morgan fingerprint density at radius 1 is 1.17 bits per heavy atom. The van der Waals surface area contributed by atoms with Crippen LogP contribution in [0.15, 0.2) is 36.0 Å². The summed E-state index contributed by atoms with van der Waals surface area (Å²) in [7, 11) is 3.19. The number of fused-ring (bicyclic) bond motifs is 3. The summed E-state index contributed by atoms with van der Waals surface area (Å²) in [4.78, 5) is 32.5. The maximum atomic E-state index is 13.6. The molecule has 2 aliphatic rings. The number of phenols is 2. The van der Waals surface area contributed by atoms with Crippen LogP contribution in [0.2, 0.25) is 0 Å². The molecule has 8 nitrogen and oxygen atoms in total. The number of hydrogen-bond acceptors (Lipinski definition) is 8. The molecule has 2 atom stereocenters. The van der Waals surface area contributed by atoms with Crippen LogP contribution in [0.3, 0.4) is 0 Å². The van der Waals surface area contributed by atoms with Gasteiger partial charge in [-0.3, -0.25) is 9.59 Å². The van der Waals surface area contributed by atoms with E-state index in [9.17, 15) is 19.8 Å². The highest BCUT2D eigenvalue weighted by molar-refractivity contribution is 6.31. The predicted molar refractivity (Wildman–Crippen MR) is 132 cm³/mol. The molecule has 0 fully saturated rings. The Hall–Kier alpha value is -3.65. The summed E-state index contributed by atoms with van der Waals surface area (Å²) in [6, 6.07) is 4.72. The van der Waals surface area contributed by atoms with Crippen LogP contribution in [0.1, 0.15) is 63.2 Å². The smallest absolute Gasteiger partial charge is 0.202 e. The quantitative estimate of drug-likeness (QED) is 0.215. The molecule has 184 valence electrons. The van der Waals surface area contributed by atoms with Crippen molar-refractivity contribution in [3.8, 4) is 17.2 Å². The van der Waals surface area contributed by atoms with Gasteiger partial charge in [0.2, 0.25) is 5.78 Å². The van der Waals surface area contributed by atoms with E-state index in [1.165, 1.54) is 13.2 Å². The highest BCUT2D eigenvalue weighted by Gasteiger charge is 2.45. The van der Waals surface area contributed by atoms with Gasteiger partial charge in [0, 0.05) is 22.6 Å². The van der Waals surface area contributed by atoms with Gasteiger partial charge in [-0.1, -0.05) is 23.4 Å². The SMILES string of the molecule is C=CCC1Cc2c(O)c3c(c(O)c2CC(C)(NC)C1=NOCC)C(=O)c1cccc(OC)c1C3=O. The molecule has 0 aromatic heterocycles. The normalized spacial score (nSPS) is 22.2. The Balaban J connectivity index is 2.01. The number of carbonyl (C=O) groups excluding carboxylic acids is 2. The van der Waals surface area contributed by atoms with E-state index in [-0.39, 0.29) is 58.3 Å². The molecule has 2 unspecified atom stereocenters. The fourth-order valence-corrected chi connectivity index (χ4v) is 5.22. The van der Waals surface area contributed by atoms with Crippen molar-refractivity contribution in [2.24, 2.45) is 11.1 Å². The van der Waals surface area contributed by atoms with Gasteiger partial charge in [-0.15, -0.1) is 6.58 Å². The first-order valence-corrected chi connectivity index (χ1v) is 11.6. The van der Waals surface area contributed by atoms with Crippen LogP contribution in [0.4, 0.5) is 0 Å². The zero-order valence-corrected chi connectivity index (χ0v) is 20.4. The summed E-state index contributed by atoms with van der Waals surface area (Å²) in [5.74, 6) is -1.68. The van der Waals surface area contributed by atoms with E-state index in [0.717, 1.165) is 0 Å². The van der Waals surface area contributed by atoms with Crippen LogP contribution in [-0.4, -0.2) is 53.8 Å². The summed E-state index contributed by atoms with van der Waals surface area (Å²) < 4.78 is 5.33. The average molecular weight is 479 g/mol.